The topological polar surface area (TPSA) is 144 Å². The Morgan fingerprint density at radius 3 is 2.46 bits per heavy atom. The molecule has 138 valence electrons. The molecule has 0 unspecified atom stereocenters. The van der Waals surface area contributed by atoms with Gasteiger partial charge in [0.25, 0.3) is 0 Å². The van der Waals surface area contributed by atoms with Crippen LogP contribution in [0.3, 0.4) is 0 Å². The summed E-state index contributed by atoms with van der Waals surface area (Å²) in [5.74, 6) is -1.01. The molecule has 1 aromatic carbocycles. The van der Waals surface area contributed by atoms with Gasteiger partial charge in [-0.25, -0.2) is 4.98 Å². The maximum absolute atomic E-state index is 11.9. The van der Waals surface area contributed by atoms with Crippen molar-refractivity contribution in [3.8, 4) is 10.4 Å². The van der Waals surface area contributed by atoms with E-state index >= 15 is 0 Å². The lowest BCUT2D eigenvalue weighted by Crippen LogP contribution is -2.21. The van der Waals surface area contributed by atoms with Crippen LogP contribution in [-0.4, -0.2) is 27.9 Å². The van der Waals surface area contributed by atoms with E-state index in [1.165, 1.54) is 11.3 Å². The quantitative estimate of drug-likeness (QED) is 0.317. The second kappa shape index (κ2) is 8.95. The van der Waals surface area contributed by atoms with Crippen molar-refractivity contribution in [1.29, 1.82) is 0 Å². The van der Waals surface area contributed by atoms with Gasteiger partial charge in [0, 0.05) is 18.5 Å². The third-order valence-electron chi connectivity index (χ3n) is 3.49. The molecular formula is C17H21N5O3S. The van der Waals surface area contributed by atoms with E-state index in [0.29, 0.717) is 30.1 Å². The number of nitrogens with zero attached hydrogens (tertiary/aromatic N) is 2. The normalized spacial score (nSPS) is 10.3. The average Bonchev–Trinajstić information content (AvgIpc) is 2.91. The van der Waals surface area contributed by atoms with Crippen molar-refractivity contribution < 1.29 is 14.7 Å². The molecule has 2 aromatic rings. The van der Waals surface area contributed by atoms with Crippen LogP contribution in [0.4, 0.5) is 10.8 Å². The van der Waals surface area contributed by atoms with Crippen LogP contribution in [0.1, 0.15) is 31.4 Å². The number of thiazole rings is 1. The van der Waals surface area contributed by atoms with Crippen LogP contribution in [0, 0.1) is 6.92 Å². The number of hydrogen-bond acceptors (Lipinski definition) is 5. The fraction of sp³-hybridized carbons (Fsp3) is 0.294. The monoisotopic (exact) mass is 375 g/mol. The zero-order valence-electron chi connectivity index (χ0n) is 14.4. The lowest BCUT2D eigenvalue weighted by molar-refractivity contribution is -0.137. The van der Waals surface area contributed by atoms with Gasteiger partial charge in [0.1, 0.15) is 0 Å². The van der Waals surface area contributed by atoms with Crippen LogP contribution in [-0.2, 0) is 9.59 Å². The maximum Gasteiger partial charge on any atom is 0.303 e. The van der Waals surface area contributed by atoms with E-state index in [-0.39, 0.29) is 18.3 Å². The van der Waals surface area contributed by atoms with Gasteiger partial charge in [-0.1, -0.05) is 23.5 Å². The average molecular weight is 375 g/mol. The van der Waals surface area contributed by atoms with E-state index in [9.17, 15) is 9.59 Å². The van der Waals surface area contributed by atoms with Crippen LogP contribution in [0.2, 0.25) is 0 Å². The number of carboxylic acid groups (broad SMARTS) is 1. The van der Waals surface area contributed by atoms with Gasteiger partial charge in [-0.05, 0) is 37.5 Å². The number of amides is 1. The molecule has 1 aromatic heterocycles. The zero-order valence-corrected chi connectivity index (χ0v) is 15.2. The minimum absolute atomic E-state index is 0.0354. The van der Waals surface area contributed by atoms with Crippen molar-refractivity contribution in [2.45, 2.75) is 32.6 Å². The Labute approximate surface area is 155 Å². The number of aryl methyl sites for hydroxylation is 1. The summed E-state index contributed by atoms with van der Waals surface area (Å²) in [4.78, 5) is 31.5. The first kappa shape index (κ1) is 19.4. The van der Waals surface area contributed by atoms with E-state index in [1.807, 2.05) is 31.2 Å². The zero-order chi connectivity index (χ0) is 19.1. The minimum Gasteiger partial charge on any atom is -0.481 e. The molecule has 8 nitrogen and oxygen atoms in total. The number of aromatic nitrogens is 1. The molecule has 0 radical (unpaired) electrons. The number of carbonyl (C=O) groups is 2. The molecule has 1 heterocycles. The molecule has 0 bridgehead atoms. The molecule has 0 saturated carbocycles. The lowest BCUT2D eigenvalue weighted by atomic mass is 10.1. The van der Waals surface area contributed by atoms with Gasteiger partial charge in [0.05, 0.1) is 10.6 Å². The Bertz CT molecular complexity index is 810. The molecule has 9 heteroatoms. The van der Waals surface area contributed by atoms with Crippen LogP contribution < -0.4 is 16.8 Å². The Balaban J connectivity index is 1.96. The summed E-state index contributed by atoms with van der Waals surface area (Å²) >= 11 is 1.38. The van der Waals surface area contributed by atoms with E-state index in [4.69, 9.17) is 16.6 Å². The molecule has 0 atom stereocenters. The number of aliphatic carboxylic acids is 1. The maximum atomic E-state index is 11.9. The number of carbonyl (C=O) groups excluding carboxylic acids is 1. The van der Waals surface area contributed by atoms with Gasteiger partial charge in [-0.15, -0.1) is 0 Å². The molecular weight excluding hydrogens is 354 g/mol. The third kappa shape index (κ3) is 5.85. The molecule has 1 amide bonds. The summed E-state index contributed by atoms with van der Waals surface area (Å²) in [6.45, 7) is 1.88. The van der Waals surface area contributed by atoms with E-state index in [2.05, 4.69) is 15.3 Å². The number of guanidine groups is 1. The van der Waals surface area contributed by atoms with Gasteiger partial charge in [0.2, 0.25) is 11.0 Å². The number of rotatable bonds is 8. The molecule has 6 N–H and O–H groups in total. The highest BCUT2D eigenvalue weighted by Crippen LogP contribution is 2.34. The third-order valence-corrected chi connectivity index (χ3v) is 4.59. The second-order valence-electron chi connectivity index (χ2n) is 5.67. The van der Waals surface area contributed by atoms with Crippen LogP contribution in [0.25, 0.3) is 10.4 Å². The Morgan fingerprint density at radius 1 is 1.19 bits per heavy atom. The molecule has 0 saturated heterocycles. The van der Waals surface area contributed by atoms with Gasteiger partial charge >= 0.3 is 5.97 Å². The first-order chi connectivity index (χ1) is 12.3. The number of anilines is 1. The fourth-order valence-corrected chi connectivity index (χ4v) is 3.26. The van der Waals surface area contributed by atoms with Crippen LogP contribution >= 0.6 is 11.3 Å². The first-order valence-electron chi connectivity index (χ1n) is 8.04. The van der Waals surface area contributed by atoms with Crippen LogP contribution in [0.5, 0.6) is 0 Å². The van der Waals surface area contributed by atoms with E-state index in [1.54, 1.807) is 0 Å². The van der Waals surface area contributed by atoms with E-state index in [0.717, 1.165) is 16.1 Å². The first-order valence-corrected chi connectivity index (χ1v) is 8.86. The molecule has 2 rings (SSSR count). The van der Waals surface area contributed by atoms with Crippen molar-refractivity contribution in [2.75, 3.05) is 5.32 Å². The van der Waals surface area contributed by atoms with Crippen LogP contribution in [0.15, 0.2) is 29.3 Å². The predicted molar refractivity (Wildman–Crippen MR) is 102 cm³/mol. The minimum atomic E-state index is -0.845. The summed E-state index contributed by atoms with van der Waals surface area (Å²) in [7, 11) is 0. The fourth-order valence-electron chi connectivity index (χ4n) is 2.30. The van der Waals surface area contributed by atoms with Gasteiger partial charge in [0.15, 0.2) is 5.96 Å². The summed E-state index contributed by atoms with van der Waals surface area (Å²) in [6.07, 6.45) is 1.41. The molecule has 0 aliphatic rings. The smallest absolute Gasteiger partial charge is 0.303 e. The number of aliphatic imine (C=N–C) groups is 1. The number of benzene rings is 1. The number of nitrogens with one attached hydrogen (secondary N) is 1. The highest BCUT2D eigenvalue weighted by Gasteiger charge is 2.10. The van der Waals surface area contributed by atoms with Gasteiger partial charge in [-0.3, -0.25) is 9.59 Å². The largest absolute Gasteiger partial charge is 0.481 e. The van der Waals surface area contributed by atoms with E-state index < -0.39 is 5.97 Å². The molecule has 26 heavy (non-hydrogen) atoms. The van der Waals surface area contributed by atoms with Crippen molar-refractivity contribution in [3.63, 3.8) is 0 Å². The van der Waals surface area contributed by atoms with Gasteiger partial charge in [-0.2, -0.15) is 4.99 Å². The number of hydrogen-bond donors (Lipinski definition) is 4. The van der Waals surface area contributed by atoms with Crippen molar-refractivity contribution >= 4 is 40.0 Å². The molecule has 0 fully saturated rings. The summed E-state index contributed by atoms with van der Waals surface area (Å²) in [5.41, 5.74) is 13.2. The van der Waals surface area contributed by atoms with Gasteiger partial charge < -0.3 is 21.9 Å². The second-order valence-corrected chi connectivity index (χ2v) is 6.65. The Morgan fingerprint density at radius 2 is 1.85 bits per heavy atom. The van der Waals surface area contributed by atoms with Crippen molar-refractivity contribution in [3.05, 3.63) is 30.0 Å². The molecule has 0 spiro atoms. The highest BCUT2D eigenvalue weighted by molar-refractivity contribution is 7.18. The molecule has 0 aliphatic heterocycles. The predicted octanol–water partition coefficient (Wildman–Crippen LogP) is 2.61. The summed E-state index contributed by atoms with van der Waals surface area (Å²) in [6, 6.07) is 7.40. The molecule has 0 aliphatic carbocycles. The number of unbranched alkanes of at least 4 members (excludes halogenated alkanes) is 1. The standard InChI is InChI=1S/C17H21N5O3S/c1-10-15(26-17(20-10)22-16(18)19)11-6-8-12(9-7-11)21-13(23)4-2-3-5-14(24)25/h6-9H,2-5H2,1H3,(H,21,23)(H,24,25)(H4,18,19,20,22). The summed E-state index contributed by atoms with van der Waals surface area (Å²) < 4.78 is 0. The highest BCUT2D eigenvalue weighted by atomic mass is 32.1. The Kier molecular flexibility index (Phi) is 6.67. The van der Waals surface area contributed by atoms with Crippen molar-refractivity contribution in [1.82, 2.24) is 4.98 Å². The lowest BCUT2D eigenvalue weighted by Gasteiger charge is -2.06. The SMILES string of the molecule is Cc1nc(N=C(N)N)sc1-c1ccc(NC(=O)CCCCC(=O)O)cc1. The summed E-state index contributed by atoms with van der Waals surface area (Å²) in [5, 5.41) is 11.9. The van der Waals surface area contributed by atoms with Crippen molar-refractivity contribution in [2.24, 2.45) is 16.5 Å². The Hall–Kier alpha value is -2.94. The number of nitrogens with two attached hydrogens (primary N) is 2. The number of carboxylic acids is 1.